The van der Waals surface area contributed by atoms with Crippen molar-refractivity contribution in [1.82, 2.24) is 4.98 Å². The summed E-state index contributed by atoms with van der Waals surface area (Å²) >= 11 is 6.48. The molecule has 2 N–H and O–H groups in total. The van der Waals surface area contributed by atoms with Crippen LogP contribution >= 0.6 is 11.6 Å². The molecule has 1 aliphatic heterocycles. The first kappa shape index (κ1) is 19.7. The van der Waals surface area contributed by atoms with Gasteiger partial charge < -0.3 is 15.2 Å². The third-order valence-corrected chi connectivity index (χ3v) is 4.98. The predicted molar refractivity (Wildman–Crippen MR) is 106 cm³/mol. The highest BCUT2D eigenvalue weighted by Crippen LogP contribution is 2.42. The molecular weight excluding hydrogens is 378 g/mol. The van der Waals surface area contributed by atoms with Gasteiger partial charge in [-0.3, -0.25) is 0 Å². The van der Waals surface area contributed by atoms with E-state index in [1.807, 2.05) is 30.3 Å². The summed E-state index contributed by atoms with van der Waals surface area (Å²) < 4.78 is 10.6. The Morgan fingerprint density at radius 1 is 1.39 bits per heavy atom. The van der Waals surface area contributed by atoms with E-state index in [-0.39, 0.29) is 34.5 Å². The maximum Gasteiger partial charge on any atom is 0.338 e. The molecule has 2 aromatic rings. The van der Waals surface area contributed by atoms with E-state index in [4.69, 9.17) is 26.8 Å². The second kappa shape index (κ2) is 7.91. The van der Waals surface area contributed by atoms with E-state index < -0.39 is 11.9 Å². The Bertz CT molecular complexity index is 1070. The number of hydrogen-bond acceptors (Lipinski definition) is 6. The van der Waals surface area contributed by atoms with Crippen molar-refractivity contribution in [1.29, 1.82) is 5.26 Å². The van der Waals surface area contributed by atoms with Crippen LogP contribution in [-0.2, 0) is 20.7 Å². The first-order chi connectivity index (χ1) is 13.4. The molecule has 0 fully saturated rings. The lowest BCUT2D eigenvalue weighted by Gasteiger charge is -2.27. The van der Waals surface area contributed by atoms with Crippen LogP contribution in [0.1, 0.15) is 37.8 Å². The Morgan fingerprint density at radius 2 is 2.14 bits per heavy atom. The quantitative estimate of drug-likeness (QED) is 0.616. The lowest BCUT2D eigenvalue weighted by Crippen LogP contribution is -2.26. The third-order valence-electron chi connectivity index (χ3n) is 4.68. The van der Waals surface area contributed by atoms with Gasteiger partial charge in [-0.2, -0.15) is 5.26 Å². The summed E-state index contributed by atoms with van der Waals surface area (Å²) in [6, 6.07) is 9.80. The minimum atomic E-state index is -0.813. The number of nitrogens with two attached hydrogens (primary N) is 1. The van der Waals surface area contributed by atoms with Gasteiger partial charge in [-0.1, -0.05) is 24.6 Å². The van der Waals surface area contributed by atoms with Crippen LogP contribution in [0.2, 0.25) is 5.15 Å². The molecule has 3 rings (SSSR count). The fraction of sp³-hybridized carbons (Fsp3) is 0.286. The number of carbonyl (C=O) groups excluding carboxylic acids is 1. The Balaban J connectivity index is 2.26. The maximum atomic E-state index is 12.6. The number of hydrogen-bond donors (Lipinski definition) is 1. The van der Waals surface area contributed by atoms with Crippen molar-refractivity contribution >= 4 is 28.5 Å². The number of allylic oxidation sites excluding steroid dienone is 2. The van der Waals surface area contributed by atoms with Crippen LogP contribution in [-0.4, -0.2) is 17.6 Å². The molecule has 7 heteroatoms. The third kappa shape index (κ3) is 3.41. The van der Waals surface area contributed by atoms with Crippen molar-refractivity contribution in [3.8, 4) is 6.07 Å². The molecule has 0 spiro atoms. The molecule has 0 aliphatic carbocycles. The van der Waals surface area contributed by atoms with E-state index in [0.29, 0.717) is 5.56 Å². The number of nitriles is 1. The molecular formula is C21H20ClN3O3. The van der Waals surface area contributed by atoms with Gasteiger partial charge in [0.1, 0.15) is 22.6 Å². The Morgan fingerprint density at radius 3 is 2.79 bits per heavy atom. The molecule has 0 amide bonds. The summed E-state index contributed by atoms with van der Waals surface area (Å²) in [6.45, 7) is 5.57. The van der Waals surface area contributed by atoms with Crippen LogP contribution < -0.4 is 5.73 Å². The van der Waals surface area contributed by atoms with Gasteiger partial charge in [0.15, 0.2) is 0 Å². The number of halogens is 1. The van der Waals surface area contributed by atoms with Crippen molar-refractivity contribution in [2.45, 2.75) is 33.1 Å². The molecule has 1 aromatic heterocycles. The van der Waals surface area contributed by atoms with Crippen molar-refractivity contribution in [2.75, 3.05) is 6.61 Å². The number of aryl methyl sites for hydroxylation is 1. The van der Waals surface area contributed by atoms with Crippen LogP contribution in [0.15, 0.2) is 47.1 Å². The zero-order valence-electron chi connectivity index (χ0n) is 15.9. The van der Waals surface area contributed by atoms with E-state index in [2.05, 4.69) is 11.9 Å². The number of pyridine rings is 1. The maximum absolute atomic E-state index is 12.6. The van der Waals surface area contributed by atoms with Crippen molar-refractivity contribution in [2.24, 2.45) is 5.73 Å². The highest BCUT2D eigenvalue weighted by Gasteiger charge is 2.37. The summed E-state index contributed by atoms with van der Waals surface area (Å²) in [5.74, 6) is -1.17. The smallest absolute Gasteiger partial charge is 0.338 e. The number of esters is 1. The number of benzene rings is 1. The van der Waals surface area contributed by atoms with E-state index in [1.165, 1.54) is 0 Å². The second-order valence-electron chi connectivity index (χ2n) is 6.36. The Labute approximate surface area is 168 Å². The van der Waals surface area contributed by atoms with Gasteiger partial charge in [0.25, 0.3) is 0 Å². The summed E-state index contributed by atoms with van der Waals surface area (Å²) in [6.07, 6.45) is 0.870. The fourth-order valence-corrected chi connectivity index (χ4v) is 3.56. The summed E-state index contributed by atoms with van der Waals surface area (Å²) in [7, 11) is 0. The number of rotatable bonds is 4. The Hall–Kier alpha value is -3.04. The normalized spacial score (nSPS) is 16.8. The molecule has 0 unspecified atom stereocenters. The van der Waals surface area contributed by atoms with Crippen LogP contribution in [0.3, 0.4) is 0 Å². The molecule has 6 nitrogen and oxygen atoms in total. The largest absolute Gasteiger partial charge is 0.463 e. The topological polar surface area (TPSA) is 98.2 Å². The Kier molecular flexibility index (Phi) is 5.57. The molecule has 144 valence electrons. The first-order valence-electron chi connectivity index (χ1n) is 8.95. The number of carbonyl (C=O) groups is 1. The SMILES string of the molecule is CCOC(=O)C1=C(C)OC(N)=C(C#N)[C@@H]1c1cc2cc(CC)ccc2nc1Cl. The summed E-state index contributed by atoms with van der Waals surface area (Å²) in [5, 5.41) is 10.7. The highest BCUT2D eigenvalue weighted by molar-refractivity contribution is 6.30. The van der Waals surface area contributed by atoms with Crippen LogP contribution in [0.5, 0.6) is 0 Å². The van der Waals surface area contributed by atoms with Gasteiger partial charge in [-0.15, -0.1) is 0 Å². The lowest BCUT2D eigenvalue weighted by atomic mass is 9.83. The predicted octanol–water partition coefficient (Wildman–Crippen LogP) is 4.10. The van der Waals surface area contributed by atoms with E-state index in [0.717, 1.165) is 22.9 Å². The minimum absolute atomic E-state index is 0.0588. The van der Waals surface area contributed by atoms with Crippen LogP contribution in [0.4, 0.5) is 0 Å². The van der Waals surface area contributed by atoms with Gasteiger partial charge >= 0.3 is 5.97 Å². The number of fused-ring (bicyclic) bond motifs is 1. The van der Waals surface area contributed by atoms with Crippen molar-refractivity contribution < 1.29 is 14.3 Å². The fourth-order valence-electron chi connectivity index (χ4n) is 3.31. The summed E-state index contributed by atoms with van der Waals surface area (Å²) in [5.41, 5.74) is 8.61. The molecule has 0 bridgehead atoms. The van der Waals surface area contributed by atoms with Gasteiger partial charge in [0, 0.05) is 10.9 Å². The minimum Gasteiger partial charge on any atom is -0.463 e. The van der Waals surface area contributed by atoms with E-state index >= 15 is 0 Å². The van der Waals surface area contributed by atoms with Crippen molar-refractivity contribution in [3.63, 3.8) is 0 Å². The molecule has 0 radical (unpaired) electrons. The number of nitrogens with zero attached hydrogens (tertiary/aromatic N) is 2. The average Bonchev–Trinajstić information content (AvgIpc) is 2.66. The van der Waals surface area contributed by atoms with Crippen LogP contribution in [0.25, 0.3) is 10.9 Å². The van der Waals surface area contributed by atoms with Gasteiger partial charge in [-0.05, 0) is 44.0 Å². The zero-order valence-corrected chi connectivity index (χ0v) is 16.6. The van der Waals surface area contributed by atoms with Gasteiger partial charge in [0.2, 0.25) is 5.88 Å². The molecule has 0 saturated carbocycles. The van der Waals surface area contributed by atoms with Crippen molar-refractivity contribution in [3.05, 3.63) is 63.3 Å². The first-order valence-corrected chi connectivity index (χ1v) is 9.33. The standard InChI is InChI=1S/C21H20ClN3O3/c1-4-12-6-7-16-13(8-12)9-14(19(22)25-16)18-15(10-23)20(24)28-11(3)17(18)21(26)27-5-2/h6-9,18H,4-5,24H2,1-3H3/t18-/m0/s1. The molecule has 0 saturated heterocycles. The zero-order chi connectivity index (χ0) is 20.4. The highest BCUT2D eigenvalue weighted by atomic mass is 35.5. The van der Waals surface area contributed by atoms with Gasteiger partial charge in [0.05, 0.1) is 23.6 Å². The summed E-state index contributed by atoms with van der Waals surface area (Å²) in [4.78, 5) is 17.1. The number of ether oxygens (including phenoxy) is 2. The molecule has 2 heterocycles. The number of aromatic nitrogens is 1. The van der Waals surface area contributed by atoms with E-state index in [9.17, 15) is 10.1 Å². The van der Waals surface area contributed by atoms with Crippen LogP contribution in [0, 0.1) is 11.3 Å². The second-order valence-corrected chi connectivity index (χ2v) is 6.72. The lowest BCUT2D eigenvalue weighted by molar-refractivity contribution is -0.139. The average molecular weight is 398 g/mol. The molecule has 1 aliphatic rings. The van der Waals surface area contributed by atoms with E-state index in [1.54, 1.807) is 13.8 Å². The monoisotopic (exact) mass is 397 g/mol. The molecule has 1 atom stereocenters. The van der Waals surface area contributed by atoms with Gasteiger partial charge in [-0.25, -0.2) is 9.78 Å². The molecule has 1 aromatic carbocycles. The molecule has 28 heavy (non-hydrogen) atoms.